The van der Waals surface area contributed by atoms with E-state index in [1.165, 1.54) is 18.6 Å². The predicted octanol–water partition coefficient (Wildman–Crippen LogP) is 4.86. The third-order valence-electron chi connectivity index (χ3n) is 4.57. The standard InChI is InChI=1S/C24H21N3O3S/c1-29-21-15-19(23(28)25-16-18-10-6-3-7-11-18)12-13-20(21)30-24-26-22(27-31-24)14-17-8-4-2-5-9-17/h2-13,15H,14,16H2,1H3,(H,25,28). The lowest BCUT2D eigenvalue weighted by Gasteiger charge is -2.10. The van der Waals surface area contributed by atoms with Crippen LogP contribution in [0.5, 0.6) is 16.7 Å². The molecule has 7 heteroatoms. The summed E-state index contributed by atoms with van der Waals surface area (Å²) in [5, 5.41) is 3.33. The number of nitrogens with one attached hydrogen (secondary N) is 1. The van der Waals surface area contributed by atoms with Crippen LogP contribution in [0.1, 0.15) is 27.3 Å². The molecule has 0 unspecified atom stereocenters. The Kier molecular flexibility index (Phi) is 6.54. The number of carbonyl (C=O) groups excluding carboxylic acids is 1. The highest BCUT2D eigenvalue weighted by molar-refractivity contribution is 7.07. The van der Waals surface area contributed by atoms with E-state index in [1.807, 2.05) is 60.7 Å². The Morgan fingerprint density at radius 2 is 1.65 bits per heavy atom. The van der Waals surface area contributed by atoms with Gasteiger partial charge in [0.1, 0.15) is 0 Å². The number of ether oxygens (including phenoxy) is 2. The van der Waals surface area contributed by atoms with Crippen LogP contribution >= 0.6 is 11.5 Å². The van der Waals surface area contributed by atoms with Gasteiger partial charge in [-0.25, -0.2) is 0 Å². The molecule has 1 N–H and O–H groups in total. The van der Waals surface area contributed by atoms with E-state index in [0.717, 1.165) is 11.1 Å². The molecule has 0 spiro atoms. The van der Waals surface area contributed by atoms with E-state index < -0.39 is 0 Å². The van der Waals surface area contributed by atoms with E-state index in [2.05, 4.69) is 14.7 Å². The number of benzene rings is 3. The Bertz CT molecular complexity index is 1150. The molecule has 1 heterocycles. The summed E-state index contributed by atoms with van der Waals surface area (Å²) in [6.45, 7) is 0.454. The third kappa shape index (κ3) is 5.46. The highest BCUT2D eigenvalue weighted by Gasteiger charge is 2.14. The van der Waals surface area contributed by atoms with Crippen LogP contribution < -0.4 is 14.8 Å². The molecular weight excluding hydrogens is 410 g/mol. The van der Waals surface area contributed by atoms with Crippen molar-refractivity contribution in [1.82, 2.24) is 14.7 Å². The first-order chi connectivity index (χ1) is 15.2. The lowest BCUT2D eigenvalue weighted by atomic mass is 10.1. The lowest BCUT2D eigenvalue weighted by Crippen LogP contribution is -2.22. The molecule has 4 rings (SSSR count). The molecule has 1 amide bonds. The predicted molar refractivity (Wildman–Crippen MR) is 120 cm³/mol. The van der Waals surface area contributed by atoms with Gasteiger partial charge in [0.15, 0.2) is 17.3 Å². The topological polar surface area (TPSA) is 73.3 Å². The molecule has 3 aromatic carbocycles. The molecule has 6 nitrogen and oxygen atoms in total. The van der Waals surface area contributed by atoms with Crippen LogP contribution in [0.2, 0.25) is 0 Å². The fourth-order valence-corrected chi connectivity index (χ4v) is 3.56. The van der Waals surface area contributed by atoms with E-state index in [9.17, 15) is 4.79 Å². The van der Waals surface area contributed by atoms with Crippen molar-refractivity contribution in [1.29, 1.82) is 0 Å². The molecule has 0 fully saturated rings. The van der Waals surface area contributed by atoms with Gasteiger partial charge in [-0.05, 0) is 29.3 Å². The average molecular weight is 432 g/mol. The smallest absolute Gasteiger partial charge is 0.298 e. The van der Waals surface area contributed by atoms with E-state index in [-0.39, 0.29) is 5.91 Å². The second kappa shape index (κ2) is 9.86. The second-order valence-corrected chi connectivity index (χ2v) is 7.49. The summed E-state index contributed by atoms with van der Waals surface area (Å²) in [6, 6.07) is 24.8. The van der Waals surface area contributed by atoms with Crippen molar-refractivity contribution >= 4 is 17.4 Å². The number of hydrogen-bond acceptors (Lipinski definition) is 6. The van der Waals surface area contributed by atoms with Crippen LogP contribution in [-0.2, 0) is 13.0 Å². The molecule has 1 aromatic heterocycles. The van der Waals surface area contributed by atoms with E-state index in [4.69, 9.17) is 9.47 Å². The summed E-state index contributed by atoms with van der Waals surface area (Å²) in [5.74, 6) is 1.44. The van der Waals surface area contributed by atoms with E-state index in [1.54, 1.807) is 18.2 Å². The number of aromatic nitrogens is 2. The van der Waals surface area contributed by atoms with Crippen molar-refractivity contribution in [3.05, 3.63) is 101 Å². The molecule has 0 aliphatic rings. The lowest BCUT2D eigenvalue weighted by molar-refractivity contribution is 0.0950. The Morgan fingerprint density at radius 3 is 2.35 bits per heavy atom. The molecule has 0 saturated carbocycles. The molecule has 0 aliphatic carbocycles. The van der Waals surface area contributed by atoms with Gasteiger partial charge < -0.3 is 14.8 Å². The molecule has 4 aromatic rings. The third-order valence-corrected chi connectivity index (χ3v) is 5.21. The molecule has 31 heavy (non-hydrogen) atoms. The second-order valence-electron chi connectivity index (χ2n) is 6.77. The van der Waals surface area contributed by atoms with Crippen LogP contribution in [0.25, 0.3) is 0 Å². The maximum absolute atomic E-state index is 12.5. The van der Waals surface area contributed by atoms with Gasteiger partial charge in [0.2, 0.25) is 0 Å². The summed E-state index contributed by atoms with van der Waals surface area (Å²) in [4.78, 5) is 17.0. The highest BCUT2D eigenvalue weighted by Crippen LogP contribution is 2.33. The fraction of sp³-hybridized carbons (Fsp3) is 0.125. The van der Waals surface area contributed by atoms with Crippen LogP contribution in [0.15, 0.2) is 78.9 Å². The molecule has 0 atom stereocenters. The first-order valence-corrected chi connectivity index (χ1v) is 10.5. The highest BCUT2D eigenvalue weighted by atomic mass is 32.1. The van der Waals surface area contributed by atoms with Gasteiger partial charge in [0.25, 0.3) is 11.1 Å². The van der Waals surface area contributed by atoms with Gasteiger partial charge >= 0.3 is 0 Å². The summed E-state index contributed by atoms with van der Waals surface area (Å²) < 4.78 is 15.7. The largest absolute Gasteiger partial charge is 0.493 e. The Balaban J connectivity index is 1.42. The fourth-order valence-electron chi connectivity index (χ4n) is 3.00. The van der Waals surface area contributed by atoms with Crippen molar-refractivity contribution in [2.24, 2.45) is 0 Å². The van der Waals surface area contributed by atoms with E-state index >= 15 is 0 Å². The summed E-state index contributed by atoms with van der Waals surface area (Å²) in [6.07, 6.45) is 0.637. The van der Waals surface area contributed by atoms with Gasteiger partial charge in [-0.1, -0.05) is 60.7 Å². The molecule has 0 radical (unpaired) electrons. The minimum atomic E-state index is -0.185. The first-order valence-electron chi connectivity index (χ1n) is 9.76. The number of amides is 1. The molecule has 0 saturated heterocycles. The summed E-state index contributed by atoms with van der Waals surface area (Å²) in [5.41, 5.74) is 2.66. The maximum atomic E-state index is 12.5. The molecule has 156 valence electrons. The van der Waals surface area contributed by atoms with Crippen molar-refractivity contribution in [3.63, 3.8) is 0 Å². The zero-order valence-corrected chi connectivity index (χ0v) is 17.8. The van der Waals surface area contributed by atoms with Gasteiger partial charge in [0.05, 0.1) is 7.11 Å². The average Bonchev–Trinajstić information content (AvgIpc) is 3.25. The molecule has 0 bridgehead atoms. The SMILES string of the molecule is COc1cc(C(=O)NCc2ccccc2)ccc1Oc1nc(Cc2ccccc2)ns1. The Hall–Kier alpha value is -3.71. The van der Waals surface area contributed by atoms with Gasteiger partial charge in [0, 0.05) is 30.1 Å². The zero-order chi connectivity index (χ0) is 21.5. The first kappa shape index (κ1) is 20.6. The van der Waals surface area contributed by atoms with Gasteiger partial charge in [-0.3, -0.25) is 4.79 Å². The van der Waals surface area contributed by atoms with Crippen molar-refractivity contribution in [2.75, 3.05) is 7.11 Å². The van der Waals surface area contributed by atoms with Gasteiger partial charge in [-0.15, -0.1) is 0 Å². The zero-order valence-electron chi connectivity index (χ0n) is 16.9. The molecular formula is C24H21N3O3S. The number of methoxy groups -OCH3 is 1. The van der Waals surface area contributed by atoms with Crippen LogP contribution in [0.3, 0.4) is 0 Å². The minimum absolute atomic E-state index is 0.185. The number of hydrogen-bond donors (Lipinski definition) is 1. The number of nitrogens with zero attached hydrogens (tertiary/aromatic N) is 2. The van der Waals surface area contributed by atoms with Crippen LogP contribution in [0, 0.1) is 0 Å². The summed E-state index contributed by atoms with van der Waals surface area (Å²) >= 11 is 1.18. The Morgan fingerprint density at radius 1 is 0.935 bits per heavy atom. The van der Waals surface area contributed by atoms with Gasteiger partial charge in [-0.2, -0.15) is 9.36 Å². The van der Waals surface area contributed by atoms with Crippen molar-refractivity contribution in [3.8, 4) is 16.7 Å². The summed E-state index contributed by atoms with van der Waals surface area (Å²) in [7, 11) is 1.54. The quantitative estimate of drug-likeness (QED) is 0.431. The normalized spacial score (nSPS) is 10.5. The minimum Gasteiger partial charge on any atom is -0.493 e. The van der Waals surface area contributed by atoms with Crippen LogP contribution in [0.4, 0.5) is 0 Å². The van der Waals surface area contributed by atoms with E-state index in [0.29, 0.717) is 41.0 Å². The maximum Gasteiger partial charge on any atom is 0.298 e. The number of carbonyl (C=O) groups is 1. The van der Waals surface area contributed by atoms with Crippen molar-refractivity contribution < 1.29 is 14.3 Å². The monoisotopic (exact) mass is 431 g/mol. The van der Waals surface area contributed by atoms with Crippen molar-refractivity contribution in [2.45, 2.75) is 13.0 Å². The molecule has 0 aliphatic heterocycles. The Labute approximate surface area is 184 Å². The number of rotatable bonds is 8. The van der Waals surface area contributed by atoms with Crippen LogP contribution in [-0.4, -0.2) is 22.4 Å².